The van der Waals surface area contributed by atoms with Gasteiger partial charge in [-0.15, -0.1) is 0 Å². The number of benzene rings is 1. The van der Waals surface area contributed by atoms with E-state index in [4.69, 9.17) is 5.11 Å². The number of nitro benzene ring substituents is 1. The molecule has 0 atom stereocenters. The van der Waals surface area contributed by atoms with Crippen molar-refractivity contribution in [1.82, 2.24) is 0 Å². The summed E-state index contributed by atoms with van der Waals surface area (Å²) >= 11 is 0. The van der Waals surface area contributed by atoms with Crippen LogP contribution in [-0.4, -0.2) is 29.7 Å². The highest BCUT2D eigenvalue weighted by molar-refractivity contribution is 5.58. The van der Waals surface area contributed by atoms with Gasteiger partial charge in [0.1, 0.15) is 0 Å². The van der Waals surface area contributed by atoms with Crippen LogP contribution in [0.1, 0.15) is 25.3 Å². The van der Waals surface area contributed by atoms with Crippen LogP contribution in [0.3, 0.4) is 0 Å². The van der Waals surface area contributed by atoms with Gasteiger partial charge in [-0.3, -0.25) is 10.1 Å². The number of rotatable bonds is 7. The van der Waals surface area contributed by atoms with E-state index >= 15 is 0 Å². The largest absolute Gasteiger partial charge is 0.395 e. The molecule has 1 N–H and O–H groups in total. The Labute approximate surface area is 109 Å². The SMILES string of the molecule is CCCN(CCO)c1ccc([N+](=O)[O-])cc1C(F)F. The number of aliphatic hydroxyl groups is 1. The quantitative estimate of drug-likeness (QED) is 0.613. The number of halogens is 2. The third kappa shape index (κ3) is 3.85. The highest BCUT2D eigenvalue weighted by atomic mass is 19.3. The molecule has 1 aromatic carbocycles. The number of nitro groups is 1. The highest BCUT2D eigenvalue weighted by Gasteiger charge is 2.21. The molecule has 106 valence electrons. The van der Waals surface area contributed by atoms with E-state index in [0.717, 1.165) is 12.5 Å². The van der Waals surface area contributed by atoms with Gasteiger partial charge in [0.05, 0.1) is 11.5 Å². The Morgan fingerprint density at radius 2 is 2.11 bits per heavy atom. The van der Waals surface area contributed by atoms with Crippen molar-refractivity contribution in [2.75, 3.05) is 24.6 Å². The van der Waals surface area contributed by atoms with Gasteiger partial charge in [-0.05, 0) is 12.5 Å². The number of aliphatic hydroxyl groups excluding tert-OH is 1. The summed E-state index contributed by atoms with van der Waals surface area (Å²) in [5, 5.41) is 19.6. The minimum atomic E-state index is -2.80. The number of hydrogen-bond acceptors (Lipinski definition) is 4. The summed E-state index contributed by atoms with van der Waals surface area (Å²) < 4.78 is 26.0. The smallest absolute Gasteiger partial charge is 0.270 e. The fraction of sp³-hybridized carbons (Fsp3) is 0.500. The summed E-state index contributed by atoms with van der Waals surface area (Å²) in [6.45, 7) is 2.43. The van der Waals surface area contributed by atoms with E-state index in [1.807, 2.05) is 6.92 Å². The molecule has 0 saturated heterocycles. The molecule has 0 aliphatic rings. The Hall–Kier alpha value is -1.76. The van der Waals surface area contributed by atoms with E-state index in [9.17, 15) is 18.9 Å². The van der Waals surface area contributed by atoms with Crippen LogP contribution in [0.4, 0.5) is 20.2 Å². The maximum atomic E-state index is 13.0. The Bertz CT molecular complexity index is 435. The summed E-state index contributed by atoms with van der Waals surface area (Å²) in [6.07, 6.45) is -2.08. The van der Waals surface area contributed by atoms with Gasteiger partial charge in [-0.2, -0.15) is 0 Å². The van der Waals surface area contributed by atoms with Gasteiger partial charge in [0.25, 0.3) is 12.1 Å². The lowest BCUT2D eigenvalue weighted by molar-refractivity contribution is -0.385. The first-order chi connectivity index (χ1) is 9.01. The average molecular weight is 274 g/mol. The Balaban J connectivity index is 3.20. The topological polar surface area (TPSA) is 66.6 Å². The van der Waals surface area contributed by atoms with Crippen LogP contribution in [-0.2, 0) is 0 Å². The van der Waals surface area contributed by atoms with Gasteiger partial charge >= 0.3 is 0 Å². The van der Waals surface area contributed by atoms with Crippen LogP contribution in [0.25, 0.3) is 0 Å². The Kier molecular flexibility index (Phi) is 5.62. The predicted octanol–water partition coefficient (Wildman–Crippen LogP) is 2.74. The van der Waals surface area contributed by atoms with Gasteiger partial charge in [-0.1, -0.05) is 6.92 Å². The summed E-state index contributed by atoms with van der Waals surface area (Å²) in [5.74, 6) is 0. The third-order valence-electron chi connectivity index (χ3n) is 2.66. The fourth-order valence-electron chi connectivity index (χ4n) is 1.86. The van der Waals surface area contributed by atoms with E-state index in [1.54, 1.807) is 4.90 Å². The molecule has 0 unspecified atom stereocenters. The van der Waals surface area contributed by atoms with Crippen LogP contribution in [0.2, 0.25) is 0 Å². The van der Waals surface area contributed by atoms with Crippen molar-refractivity contribution in [2.24, 2.45) is 0 Å². The lowest BCUT2D eigenvalue weighted by Crippen LogP contribution is -2.28. The van der Waals surface area contributed by atoms with Crippen molar-refractivity contribution in [3.05, 3.63) is 33.9 Å². The van der Waals surface area contributed by atoms with Crippen molar-refractivity contribution in [2.45, 2.75) is 19.8 Å². The Morgan fingerprint density at radius 1 is 1.42 bits per heavy atom. The molecular formula is C12H16F2N2O3. The zero-order chi connectivity index (χ0) is 14.4. The zero-order valence-electron chi connectivity index (χ0n) is 10.6. The molecule has 7 heteroatoms. The second-order valence-corrected chi connectivity index (χ2v) is 4.01. The maximum Gasteiger partial charge on any atom is 0.270 e. The van der Waals surface area contributed by atoms with E-state index < -0.39 is 11.3 Å². The number of nitrogens with zero attached hydrogens (tertiary/aromatic N) is 2. The van der Waals surface area contributed by atoms with Gasteiger partial charge < -0.3 is 10.0 Å². The molecule has 0 aliphatic heterocycles. The van der Waals surface area contributed by atoms with Gasteiger partial charge in [0, 0.05) is 36.5 Å². The van der Waals surface area contributed by atoms with Crippen molar-refractivity contribution < 1.29 is 18.8 Å². The first-order valence-corrected chi connectivity index (χ1v) is 5.93. The first kappa shape index (κ1) is 15.3. The molecular weight excluding hydrogens is 258 g/mol. The lowest BCUT2D eigenvalue weighted by Gasteiger charge is -2.25. The van der Waals surface area contributed by atoms with E-state index in [-0.39, 0.29) is 30.1 Å². The Morgan fingerprint density at radius 3 is 2.58 bits per heavy atom. The van der Waals surface area contributed by atoms with E-state index in [0.29, 0.717) is 6.54 Å². The normalized spacial score (nSPS) is 10.8. The van der Waals surface area contributed by atoms with Gasteiger partial charge in [0.15, 0.2) is 0 Å². The second kappa shape index (κ2) is 6.98. The summed E-state index contributed by atoms with van der Waals surface area (Å²) in [4.78, 5) is 11.5. The molecule has 0 saturated carbocycles. The molecule has 0 bridgehead atoms. The molecule has 0 aromatic heterocycles. The molecule has 19 heavy (non-hydrogen) atoms. The zero-order valence-corrected chi connectivity index (χ0v) is 10.6. The molecule has 5 nitrogen and oxygen atoms in total. The van der Waals surface area contributed by atoms with Crippen LogP contribution in [0, 0.1) is 10.1 Å². The summed E-state index contributed by atoms with van der Waals surface area (Å²) in [7, 11) is 0. The summed E-state index contributed by atoms with van der Waals surface area (Å²) in [6, 6.07) is 3.40. The monoisotopic (exact) mass is 274 g/mol. The van der Waals surface area contributed by atoms with Crippen molar-refractivity contribution in [3.63, 3.8) is 0 Å². The van der Waals surface area contributed by atoms with E-state index in [1.165, 1.54) is 12.1 Å². The molecule has 1 rings (SSSR count). The van der Waals surface area contributed by atoms with E-state index in [2.05, 4.69) is 0 Å². The van der Waals surface area contributed by atoms with Crippen molar-refractivity contribution >= 4 is 11.4 Å². The molecule has 0 aliphatic carbocycles. The highest BCUT2D eigenvalue weighted by Crippen LogP contribution is 2.33. The maximum absolute atomic E-state index is 13.0. The lowest BCUT2D eigenvalue weighted by atomic mass is 10.1. The van der Waals surface area contributed by atoms with Crippen molar-refractivity contribution in [3.8, 4) is 0 Å². The van der Waals surface area contributed by atoms with Crippen LogP contribution < -0.4 is 4.90 Å². The molecule has 0 spiro atoms. The minimum absolute atomic E-state index is 0.167. The minimum Gasteiger partial charge on any atom is -0.395 e. The number of non-ortho nitro benzene ring substituents is 1. The molecule has 1 aromatic rings. The first-order valence-electron chi connectivity index (χ1n) is 5.93. The van der Waals surface area contributed by atoms with Gasteiger partial charge in [0.2, 0.25) is 0 Å². The molecule has 0 fully saturated rings. The number of hydrogen-bond donors (Lipinski definition) is 1. The third-order valence-corrected chi connectivity index (χ3v) is 2.66. The summed E-state index contributed by atoms with van der Waals surface area (Å²) in [5.41, 5.74) is -0.507. The number of alkyl halides is 2. The molecule has 0 heterocycles. The van der Waals surface area contributed by atoms with Crippen molar-refractivity contribution in [1.29, 1.82) is 0 Å². The van der Waals surface area contributed by atoms with Crippen LogP contribution in [0.15, 0.2) is 18.2 Å². The van der Waals surface area contributed by atoms with Gasteiger partial charge in [-0.25, -0.2) is 8.78 Å². The molecule has 0 amide bonds. The van der Waals surface area contributed by atoms with Crippen LogP contribution in [0.5, 0.6) is 0 Å². The average Bonchev–Trinajstić information content (AvgIpc) is 2.37. The standard InChI is InChI=1S/C12H16F2N2O3/c1-2-5-15(6-7-17)11-4-3-9(16(18)19)8-10(11)12(13)14/h3-4,8,12,17H,2,5-7H2,1H3. The second-order valence-electron chi connectivity index (χ2n) is 4.01. The molecule has 0 radical (unpaired) electrons. The fourth-order valence-corrected chi connectivity index (χ4v) is 1.86. The van der Waals surface area contributed by atoms with Crippen LogP contribution >= 0.6 is 0 Å². The predicted molar refractivity (Wildman–Crippen MR) is 67.6 cm³/mol. The number of anilines is 1.